The molecule has 0 aliphatic carbocycles. The maximum Gasteiger partial charge on any atom is 0.178 e. The summed E-state index contributed by atoms with van der Waals surface area (Å²) in [7, 11) is 0. The van der Waals surface area contributed by atoms with Crippen molar-refractivity contribution in [2.45, 2.75) is 24.5 Å². The number of rotatable bonds is 3. The second-order valence-electron chi connectivity index (χ2n) is 6.44. The molecule has 1 saturated heterocycles. The minimum Gasteiger partial charge on any atom is -0.490 e. The van der Waals surface area contributed by atoms with E-state index in [0.29, 0.717) is 35.2 Å². The third-order valence-electron chi connectivity index (χ3n) is 4.75. The summed E-state index contributed by atoms with van der Waals surface area (Å²) in [5, 5.41) is 11.9. The molecule has 2 aromatic carbocycles. The van der Waals surface area contributed by atoms with Crippen LogP contribution in [0, 0.1) is 5.82 Å². The highest BCUT2D eigenvalue weighted by molar-refractivity contribution is 6.30. The Kier molecular flexibility index (Phi) is 4.34. The van der Waals surface area contributed by atoms with Crippen LogP contribution in [0.4, 0.5) is 10.1 Å². The minimum absolute atomic E-state index is 0.0443. The van der Waals surface area contributed by atoms with Crippen molar-refractivity contribution in [3.63, 3.8) is 0 Å². The normalized spacial score (nSPS) is 22.8. The fourth-order valence-corrected chi connectivity index (χ4v) is 3.56. The molecule has 2 aliphatic rings. The molecule has 0 bridgehead atoms. The SMILES string of the molecule is NC1=Nc2ccc(Cl)cc2C1(O)c1cc(F)ccc1OC1CCOCC1. The molecule has 0 spiro atoms. The molecule has 0 saturated carbocycles. The quantitative estimate of drug-likeness (QED) is 0.861. The molecular formula is C19H18ClFN2O3. The van der Waals surface area contributed by atoms with E-state index in [2.05, 4.69) is 4.99 Å². The standard InChI is InChI=1S/C19H18ClFN2O3/c20-11-1-3-16-14(9-11)19(24,18(22)23-16)15-10-12(21)2-4-17(15)26-13-5-7-25-8-6-13/h1-4,9-10,13,24H,5-8H2,(H2,22,23). The molecule has 3 N–H and O–H groups in total. The summed E-state index contributed by atoms with van der Waals surface area (Å²) in [6.07, 6.45) is 1.37. The van der Waals surface area contributed by atoms with E-state index in [0.717, 1.165) is 12.8 Å². The van der Waals surface area contributed by atoms with Gasteiger partial charge in [0.05, 0.1) is 18.9 Å². The lowest BCUT2D eigenvalue weighted by atomic mass is 9.85. The second-order valence-corrected chi connectivity index (χ2v) is 6.88. The van der Waals surface area contributed by atoms with Crippen LogP contribution in [0.3, 0.4) is 0 Å². The number of hydrogen-bond donors (Lipinski definition) is 2. The molecule has 0 aromatic heterocycles. The molecule has 5 nitrogen and oxygen atoms in total. The number of halogens is 2. The van der Waals surface area contributed by atoms with Crippen molar-refractivity contribution in [2.24, 2.45) is 10.7 Å². The maximum atomic E-state index is 14.0. The van der Waals surface area contributed by atoms with Crippen molar-refractivity contribution in [3.05, 3.63) is 58.4 Å². The summed E-state index contributed by atoms with van der Waals surface area (Å²) >= 11 is 6.09. The molecule has 2 aromatic rings. The van der Waals surface area contributed by atoms with Gasteiger partial charge < -0.3 is 20.3 Å². The molecule has 26 heavy (non-hydrogen) atoms. The molecule has 4 rings (SSSR count). The maximum absolute atomic E-state index is 14.0. The summed E-state index contributed by atoms with van der Waals surface area (Å²) < 4.78 is 25.4. The summed E-state index contributed by atoms with van der Waals surface area (Å²) in [5.74, 6) is -0.181. The minimum atomic E-state index is -1.80. The Morgan fingerprint density at radius 2 is 1.96 bits per heavy atom. The van der Waals surface area contributed by atoms with Gasteiger partial charge in [-0.2, -0.15) is 0 Å². The van der Waals surface area contributed by atoms with E-state index in [9.17, 15) is 9.50 Å². The van der Waals surface area contributed by atoms with Gasteiger partial charge >= 0.3 is 0 Å². The molecule has 1 fully saturated rings. The van der Waals surface area contributed by atoms with Gasteiger partial charge in [-0.3, -0.25) is 0 Å². The first-order chi connectivity index (χ1) is 12.5. The topological polar surface area (TPSA) is 77.1 Å². The second kappa shape index (κ2) is 6.54. The number of nitrogens with zero attached hydrogens (tertiary/aromatic N) is 1. The van der Waals surface area contributed by atoms with E-state index in [1.165, 1.54) is 18.2 Å². The van der Waals surface area contributed by atoms with Crippen molar-refractivity contribution in [2.75, 3.05) is 13.2 Å². The largest absolute Gasteiger partial charge is 0.490 e. The van der Waals surface area contributed by atoms with Crippen molar-refractivity contribution in [1.29, 1.82) is 0 Å². The van der Waals surface area contributed by atoms with E-state index >= 15 is 0 Å². The predicted molar refractivity (Wildman–Crippen MR) is 96.6 cm³/mol. The first-order valence-corrected chi connectivity index (χ1v) is 8.78. The molecule has 2 aliphatic heterocycles. The monoisotopic (exact) mass is 376 g/mol. The first kappa shape index (κ1) is 17.3. The number of hydrogen-bond acceptors (Lipinski definition) is 5. The van der Waals surface area contributed by atoms with Crippen LogP contribution < -0.4 is 10.5 Å². The van der Waals surface area contributed by atoms with Crippen LogP contribution in [-0.2, 0) is 10.3 Å². The number of aliphatic hydroxyl groups is 1. The predicted octanol–water partition coefficient (Wildman–Crippen LogP) is 3.28. The van der Waals surface area contributed by atoms with E-state index in [4.69, 9.17) is 26.8 Å². The summed E-state index contributed by atoms with van der Waals surface area (Å²) in [6, 6.07) is 8.95. The highest BCUT2D eigenvalue weighted by Gasteiger charge is 2.45. The molecule has 0 amide bonds. The molecule has 7 heteroatoms. The Bertz CT molecular complexity index is 883. The average Bonchev–Trinajstić information content (AvgIpc) is 2.89. The fourth-order valence-electron chi connectivity index (χ4n) is 3.39. The van der Waals surface area contributed by atoms with Gasteiger partial charge in [-0.05, 0) is 36.4 Å². The third kappa shape index (κ3) is 2.84. The van der Waals surface area contributed by atoms with E-state index in [1.54, 1.807) is 18.2 Å². The zero-order chi connectivity index (χ0) is 18.3. The van der Waals surface area contributed by atoms with E-state index in [-0.39, 0.29) is 17.5 Å². The number of benzene rings is 2. The third-order valence-corrected chi connectivity index (χ3v) is 4.99. The van der Waals surface area contributed by atoms with Gasteiger partial charge in [0.2, 0.25) is 0 Å². The number of aliphatic imine (C=N–C) groups is 1. The highest BCUT2D eigenvalue weighted by Crippen LogP contribution is 2.46. The van der Waals surface area contributed by atoms with Crippen molar-refractivity contribution in [1.82, 2.24) is 0 Å². The highest BCUT2D eigenvalue weighted by atomic mass is 35.5. The zero-order valence-corrected chi connectivity index (χ0v) is 14.7. The molecular weight excluding hydrogens is 359 g/mol. The van der Waals surface area contributed by atoms with Gasteiger partial charge in [-0.1, -0.05) is 11.6 Å². The van der Waals surface area contributed by atoms with Gasteiger partial charge in [0.1, 0.15) is 23.5 Å². The molecule has 1 unspecified atom stereocenters. The van der Waals surface area contributed by atoms with Crippen molar-refractivity contribution in [3.8, 4) is 5.75 Å². The van der Waals surface area contributed by atoms with Crippen LogP contribution in [-0.4, -0.2) is 30.3 Å². The van der Waals surface area contributed by atoms with Gasteiger partial charge in [0.15, 0.2) is 5.60 Å². The van der Waals surface area contributed by atoms with Crippen LogP contribution in [0.1, 0.15) is 24.0 Å². The Hall–Kier alpha value is -2.15. The number of amidine groups is 1. The molecule has 1 atom stereocenters. The first-order valence-electron chi connectivity index (χ1n) is 8.40. The Balaban J connectivity index is 1.81. The number of ether oxygens (including phenoxy) is 2. The average molecular weight is 377 g/mol. The molecule has 2 heterocycles. The van der Waals surface area contributed by atoms with Crippen LogP contribution >= 0.6 is 11.6 Å². The fraction of sp³-hybridized carbons (Fsp3) is 0.316. The van der Waals surface area contributed by atoms with E-state index in [1.807, 2.05) is 0 Å². The smallest absolute Gasteiger partial charge is 0.178 e. The Morgan fingerprint density at radius 1 is 1.19 bits per heavy atom. The lowest BCUT2D eigenvalue weighted by molar-refractivity contribution is 0.0237. The summed E-state index contributed by atoms with van der Waals surface area (Å²) in [6.45, 7) is 1.21. The Morgan fingerprint density at radius 3 is 2.73 bits per heavy atom. The Labute approximate surface area is 155 Å². The van der Waals surface area contributed by atoms with E-state index < -0.39 is 11.4 Å². The van der Waals surface area contributed by atoms with Gasteiger partial charge in [-0.25, -0.2) is 9.38 Å². The van der Waals surface area contributed by atoms with Gasteiger partial charge in [0, 0.05) is 29.0 Å². The van der Waals surface area contributed by atoms with Crippen molar-refractivity contribution >= 4 is 23.1 Å². The number of fused-ring (bicyclic) bond motifs is 1. The van der Waals surface area contributed by atoms with Crippen LogP contribution in [0.5, 0.6) is 5.75 Å². The molecule has 0 radical (unpaired) electrons. The van der Waals surface area contributed by atoms with Crippen LogP contribution in [0.25, 0.3) is 0 Å². The molecule has 136 valence electrons. The van der Waals surface area contributed by atoms with Gasteiger partial charge in [-0.15, -0.1) is 0 Å². The number of nitrogens with two attached hydrogens (primary N) is 1. The van der Waals surface area contributed by atoms with Crippen LogP contribution in [0.2, 0.25) is 5.02 Å². The lowest BCUT2D eigenvalue weighted by Gasteiger charge is -2.30. The summed E-state index contributed by atoms with van der Waals surface area (Å²) in [5.41, 5.74) is 5.37. The van der Waals surface area contributed by atoms with Gasteiger partial charge in [0.25, 0.3) is 0 Å². The summed E-state index contributed by atoms with van der Waals surface area (Å²) in [4.78, 5) is 4.23. The zero-order valence-electron chi connectivity index (χ0n) is 13.9. The van der Waals surface area contributed by atoms with Crippen LogP contribution in [0.15, 0.2) is 41.4 Å². The lowest BCUT2D eigenvalue weighted by Crippen LogP contribution is -2.40. The van der Waals surface area contributed by atoms with Crippen molar-refractivity contribution < 1.29 is 19.0 Å².